The molecule has 2 aliphatic rings. The van der Waals surface area contributed by atoms with Gasteiger partial charge in [0, 0.05) is 24.8 Å². The molecule has 3 rings (SSSR count). The Kier molecular flexibility index (Phi) is 2.74. The highest BCUT2D eigenvalue weighted by atomic mass is 15.2. The summed E-state index contributed by atoms with van der Waals surface area (Å²) in [4.78, 5) is 2.44. The summed E-state index contributed by atoms with van der Waals surface area (Å²) in [6.07, 6.45) is 2.66. The molecule has 2 fully saturated rings. The third kappa shape index (κ3) is 2.01. The van der Waals surface area contributed by atoms with Crippen LogP contribution in [0.1, 0.15) is 18.4 Å². The van der Waals surface area contributed by atoms with Crippen LogP contribution in [0.3, 0.4) is 0 Å². The van der Waals surface area contributed by atoms with Gasteiger partial charge in [0.15, 0.2) is 0 Å². The van der Waals surface area contributed by atoms with E-state index in [-0.39, 0.29) is 0 Å². The molecule has 1 aromatic carbocycles. The lowest BCUT2D eigenvalue weighted by Crippen LogP contribution is -2.40. The molecule has 0 saturated carbocycles. The van der Waals surface area contributed by atoms with Crippen LogP contribution in [0.15, 0.2) is 24.3 Å². The Morgan fingerprint density at radius 2 is 2.06 bits per heavy atom. The zero-order valence-electron chi connectivity index (χ0n) is 9.89. The Bertz CT molecular complexity index is 418. The smallest absolute Gasteiger partial charge is 0.0991 e. The molecule has 3 heteroatoms. The van der Waals surface area contributed by atoms with Crippen LogP contribution in [-0.4, -0.2) is 25.7 Å². The molecule has 2 heterocycles. The second-order valence-corrected chi connectivity index (χ2v) is 5.03. The molecule has 1 N–H and O–H groups in total. The van der Waals surface area contributed by atoms with Crippen molar-refractivity contribution < 1.29 is 0 Å². The summed E-state index contributed by atoms with van der Waals surface area (Å²) in [5.41, 5.74) is 1.99. The molecule has 0 bridgehead atoms. The summed E-state index contributed by atoms with van der Waals surface area (Å²) in [6, 6.07) is 10.8. The van der Waals surface area contributed by atoms with Crippen molar-refractivity contribution in [2.45, 2.75) is 18.9 Å². The first kappa shape index (κ1) is 10.6. The number of fused-ring (bicyclic) bond motifs is 1. The van der Waals surface area contributed by atoms with E-state index in [4.69, 9.17) is 5.26 Å². The van der Waals surface area contributed by atoms with Crippen LogP contribution in [0.4, 0.5) is 5.69 Å². The number of nitrogens with zero attached hydrogens (tertiary/aromatic N) is 2. The largest absolute Gasteiger partial charge is 0.370 e. The topological polar surface area (TPSA) is 39.1 Å². The summed E-state index contributed by atoms with van der Waals surface area (Å²) in [5.74, 6) is 0.805. The van der Waals surface area contributed by atoms with Gasteiger partial charge in [-0.2, -0.15) is 5.26 Å². The minimum atomic E-state index is 0.666. The van der Waals surface area contributed by atoms with E-state index < -0.39 is 0 Å². The number of benzene rings is 1. The lowest BCUT2D eigenvalue weighted by atomic mass is 9.94. The number of anilines is 1. The van der Waals surface area contributed by atoms with Gasteiger partial charge in [0.05, 0.1) is 11.6 Å². The molecule has 0 aliphatic carbocycles. The van der Waals surface area contributed by atoms with Gasteiger partial charge in [-0.1, -0.05) is 0 Å². The van der Waals surface area contributed by atoms with Crippen LogP contribution >= 0.6 is 0 Å². The number of piperidine rings is 1. The van der Waals surface area contributed by atoms with Crippen LogP contribution < -0.4 is 10.2 Å². The number of nitrogens with one attached hydrogen (secondary N) is 1. The Labute approximate surface area is 102 Å². The van der Waals surface area contributed by atoms with Crippen molar-refractivity contribution in [1.82, 2.24) is 5.32 Å². The van der Waals surface area contributed by atoms with Gasteiger partial charge in [-0.05, 0) is 49.6 Å². The van der Waals surface area contributed by atoms with E-state index in [1.165, 1.54) is 25.1 Å². The molecule has 0 aromatic heterocycles. The van der Waals surface area contributed by atoms with Crippen molar-refractivity contribution in [1.29, 1.82) is 5.26 Å². The fraction of sp³-hybridized carbons (Fsp3) is 0.500. The minimum absolute atomic E-state index is 0.666. The number of rotatable bonds is 1. The Hall–Kier alpha value is -1.53. The predicted octanol–water partition coefficient (Wildman–Crippen LogP) is 1.75. The lowest BCUT2D eigenvalue weighted by molar-refractivity contribution is 0.340. The van der Waals surface area contributed by atoms with E-state index in [2.05, 4.69) is 28.4 Å². The molecular weight excluding hydrogens is 210 g/mol. The predicted molar refractivity (Wildman–Crippen MR) is 67.9 cm³/mol. The van der Waals surface area contributed by atoms with E-state index in [1.807, 2.05) is 12.1 Å². The van der Waals surface area contributed by atoms with Gasteiger partial charge in [0.25, 0.3) is 0 Å². The molecule has 0 unspecified atom stereocenters. The van der Waals surface area contributed by atoms with Crippen molar-refractivity contribution >= 4 is 5.69 Å². The van der Waals surface area contributed by atoms with Crippen molar-refractivity contribution in [3.63, 3.8) is 0 Å². The molecule has 3 nitrogen and oxygen atoms in total. The van der Waals surface area contributed by atoms with Crippen LogP contribution in [0.25, 0.3) is 0 Å². The van der Waals surface area contributed by atoms with E-state index in [0.717, 1.165) is 24.6 Å². The highest BCUT2D eigenvalue weighted by molar-refractivity contribution is 5.51. The zero-order chi connectivity index (χ0) is 11.7. The lowest BCUT2D eigenvalue weighted by Gasteiger charge is -2.24. The summed E-state index contributed by atoms with van der Waals surface area (Å²) in [6.45, 7) is 3.43. The molecule has 88 valence electrons. The van der Waals surface area contributed by atoms with Gasteiger partial charge in [-0.15, -0.1) is 0 Å². The average molecular weight is 227 g/mol. The monoisotopic (exact) mass is 227 g/mol. The zero-order valence-corrected chi connectivity index (χ0v) is 9.89. The molecule has 2 atom stereocenters. The molecule has 0 spiro atoms. The van der Waals surface area contributed by atoms with Gasteiger partial charge < -0.3 is 10.2 Å². The quantitative estimate of drug-likeness (QED) is 0.794. The average Bonchev–Trinajstić information content (AvgIpc) is 2.82. The van der Waals surface area contributed by atoms with Crippen LogP contribution in [0, 0.1) is 17.2 Å². The third-order valence-electron chi connectivity index (χ3n) is 3.96. The van der Waals surface area contributed by atoms with E-state index >= 15 is 0 Å². The molecule has 1 aromatic rings. The van der Waals surface area contributed by atoms with Gasteiger partial charge in [-0.25, -0.2) is 0 Å². The molecule has 17 heavy (non-hydrogen) atoms. The van der Waals surface area contributed by atoms with Crippen LogP contribution in [-0.2, 0) is 0 Å². The van der Waals surface area contributed by atoms with Crippen molar-refractivity contribution in [2.24, 2.45) is 5.92 Å². The number of hydrogen-bond acceptors (Lipinski definition) is 3. The van der Waals surface area contributed by atoms with Crippen LogP contribution in [0.5, 0.6) is 0 Å². The molecular formula is C14H17N3. The van der Waals surface area contributed by atoms with Crippen molar-refractivity contribution in [3.8, 4) is 6.07 Å². The molecule has 0 radical (unpaired) electrons. The maximum Gasteiger partial charge on any atom is 0.0991 e. The standard InChI is InChI=1S/C14H17N3/c15-8-11-3-5-13(6-4-11)17-9-12-2-1-7-16-14(12)10-17/h3-6,12,14,16H,1-2,7,9-10H2/t12-,14+/m0/s1. The second-order valence-electron chi connectivity index (χ2n) is 5.03. The van der Waals surface area contributed by atoms with Gasteiger partial charge in [0.1, 0.15) is 0 Å². The first-order valence-corrected chi connectivity index (χ1v) is 6.35. The fourth-order valence-electron chi connectivity index (χ4n) is 3.00. The van der Waals surface area contributed by atoms with Gasteiger partial charge in [-0.3, -0.25) is 0 Å². The Balaban J connectivity index is 1.74. The fourth-order valence-corrected chi connectivity index (χ4v) is 3.00. The van der Waals surface area contributed by atoms with Crippen LogP contribution in [0.2, 0.25) is 0 Å². The highest BCUT2D eigenvalue weighted by Gasteiger charge is 2.34. The highest BCUT2D eigenvalue weighted by Crippen LogP contribution is 2.28. The first-order chi connectivity index (χ1) is 8.36. The number of hydrogen-bond donors (Lipinski definition) is 1. The maximum absolute atomic E-state index is 8.79. The second kappa shape index (κ2) is 4.38. The Morgan fingerprint density at radius 1 is 1.24 bits per heavy atom. The Morgan fingerprint density at radius 3 is 2.76 bits per heavy atom. The molecule has 0 amide bonds. The van der Waals surface area contributed by atoms with Gasteiger partial charge in [0.2, 0.25) is 0 Å². The first-order valence-electron chi connectivity index (χ1n) is 6.35. The van der Waals surface area contributed by atoms with E-state index in [9.17, 15) is 0 Å². The summed E-state index contributed by atoms with van der Waals surface area (Å²) in [7, 11) is 0. The summed E-state index contributed by atoms with van der Waals surface area (Å²) < 4.78 is 0. The molecule has 2 aliphatic heterocycles. The maximum atomic E-state index is 8.79. The summed E-state index contributed by atoms with van der Waals surface area (Å²) in [5, 5.41) is 12.4. The third-order valence-corrected chi connectivity index (χ3v) is 3.96. The minimum Gasteiger partial charge on any atom is -0.370 e. The van der Waals surface area contributed by atoms with Gasteiger partial charge >= 0.3 is 0 Å². The summed E-state index contributed by atoms with van der Waals surface area (Å²) >= 11 is 0. The normalized spacial score (nSPS) is 27.6. The SMILES string of the molecule is N#Cc1ccc(N2C[C@@H]3CCCN[C@@H]3C2)cc1. The van der Waals surface area contributed by atoms with Crippen molar-refractivity contribution in [3.05, 3.63) is 29.8 Å². The van der Waals surface area contributed by atoms with Crippen molar-refractivity contribution in [2.75, 3.05) is 24.5 Å². The van der Waals surface area contributed by atoms with E-state index in [1.54, 1.807) is 0 Å². The molecule has 2 saturated heterocycles. The number of nitriles is 1. The van der Waals surface area contributed by atoms with E-state index in [0.29, 0.717) is 6.04 Å².